The van der Waals surface area contributed by atoms with Crippen molar-refractivity contribution < 1.29 is 14.7 Å². The maximum Gasteiger partial charge on any atom is 0.317 e. The van der Waals surface area contributed by atoms with Gasteiger partial charge >= 0.3 is 12.0 Å². The van der Waals surface area contributed by atoms with Crippen molar-refractivity contribution in [1.82, 2.24) is 10.2 Å². The number of carbonyl (C=O) groups is 2. The molecule has 1 aliphatic carbocycles. The number of nitrogens with one attached hydrogen (secondary N) is 1. The van der Waals surface area contributed by atoms with E-state index in [1.165, 1.54) is 6.42 Å². The van der Waals surface area contributed by atoms with Crippen molar-refractivity contribution >= 4 is 12.0 Å². The van der Waals surface area contributed by atoms with Gasteiger partial charge in [0.25, 0.3) is 0 Å². The molecule has 0 radical (unpaired) electrons. The van der Waals surface area contributed by atoms with E-state index in [4.69, 9.17) is 5.11 Å². The second-order valence-corrected chi connectivity index (χ2v) is 5.83. The van der Waals surface area contributed by atoms with E-state index in [1.807, 2.05) is 4.90 Å². The number of fused-ring (bicyclic) bond motifs is 2. The Bertz CT molecular complexity index is 341. The molecule has 2 bridgehead atoms. The molecule has 1 aliphatic heterocycles. The Morgan fingerprint density at radius 3 is 2.59 bits per heavy atom. The summed E-state index contributed by atoms with van der Waals surface area (Å²) in [5.41, 5.74) is -0.908. The van der Waals surface area contributed by atoms with Gasteiger partial charge in [-0.25, -0.2) is 4.79 Å². The minimum atomic E-state index is -0.908. The largest absolute Gasteiger partial charge is 0.481 e. The summed E-state index contributed by atoms with van der Waals surface area (Å²) in [6, 6.07) is 0.277. The number of hydrogen-bond acceptors (Lipinski definition) is 2. The van der Waals surface area contributed by atoms with Crippen molar-refractivity contribution in [3.05, 3.63) is 0 Å². The van der Waals surface area contributed by atoms with E-state index in [0.717, 1.165) is 19.4 Å². The summed E-state index contributed by atoms with van der Waals surface area (Å²) in [6.45, 7) is 4.25. The highest BCUT2D eigenvalue weighted by Crippen LogP contribution is 2.37. The first-order valence-corrected chi connectivity index (χ1v) is 6.18. The molecule has 2 fully saturated rings. The van der Waals surface area contributed by atoms with E-state index in [9.17, 15) is 9.59 Å². The van der Waals surface area contributed by atoms with E-state index >= 15 is 0 Å². The van der Waals surface area contributed by atoms with Gasteiger partial charge in [0.05, 0.1) is 5.41 Å². The molecule has 5 heteroatoms. The average Bonchev–Trinajstić information content (AvgIpc) is 2.87. The highest BCUT2D eigenvalue weighted by atomic mass is 16.4. The Morgan fingerprint density at radius 2 is 2.12 bits per heavy atom. The summed E-state index contributed by atoms with van der Waals surface area (Å²) in [6.07, 6.45) is 3.45. The average molecular weight is 240 g/mol. The van der Waals surface area contributed by atoms with Gasteiger partial charge in [-0.2, -0.15) is 0 Å². The van der Waals surface area contributed by atoms with Gasteiger partial charge in [-0.3, -0.25) is 4.79 Å². The third-order valence-corrected chi connectivity index (χ3v) is 3.93. The molecule has 2 N–H and O–H groups in total. The zero-order chi connectivity index (χ0) is 12.6. The number of amides is 2. The molecule has 96 valence electrons. The van der Waals surface area contributed by atoms with Gasteiger partial charge in [0.15, 0.2) is 0 Å². The standard InChI is InChI=1S/C12H20N2O3/c1-12(2,10(15)16)7-13-11(17)14-6-8-3-4-9(14)5-8/h8-9H,3-7H2,1-2H3,(H,13,17)(H,15,16). The zero-order valence-corrected chi connectivity index (χ0v) is 10.4. The predicted octanol–water partition coefficient (Wildman–Crippen LogP) is 1.29. The van der Waals surface area contributed by atoms with E-state index in [1.54, 1.807) is 13.8 Å². The van der Waals surface area contributed by atoms with E-state index < -0.39 is 11.4 Å². The van der Waals surface area contributed by atoms with Gasteiger partial charge in [-0.15, -0.1) is 0 Å². The van der Waals surface area contributed by atoms with Crippen LogP contribution in [0.1, 0.15) is 33.1 Å². The van der Waals surface area contributed by atoms with Gasteiger partial charge in [-0.1, -0.05) is 0 Å². The van der Waals surface area contributed by atoms with Crippen LogP contribution in [0.2, 0.25) is 0 Å². The van der Waals surface area contributed by atoms with Crippen LogP contribution >= 0.6 is 0 Å². The third kappa shape index (κ3) is 2.37. The Morgan fingerprint density at radius 1 is 1.41 bits per heavy atom. The molecule has 0 aromatic carbocycles. The zero-order valence-electron chi connectivity index (χ0n) is 10.4. The van der Waals surface area contributed by atoms with Crippen molar-refractivity contribution in [2.24, 2.45) is 11.3 Å². The first-order valence-electron chi connectivity index (χ1n) is 6.18. The number of rotatable bonds is 3. The Hall–Kier alpha value is -1.26. The molecule has 0 spiro atoms. The van der Waals surface area contributed by atoms with Crippen LogP contribution in [0.3, 0.4) is 0 Å². The van der Waals surface area contributed by atoms with Gasteiger partial charge in [0, 0.05) is 19.1 Å². The fourth-order valence-electron chi connectivity index (χ4n) is 2.65. The van der Waals surface area contributed by atoms with Crippen LogP contribution in [0.25, 0.3) is 0 Å². The topological polar surface area (TPSA) is 69.6 Å². The third-order valence-electron chi connectivity index (χ3n) is 3.93. The number of likely N-dealkylation sites (tertiary alicyclic amines) is 1. The molecule has 17 heavy (non-hydrogen) atoms. The number of piperidine rings is 1. The van der Waals surface area contributed by atoms with Crippen molar-refractivity contribution in [3.8, 4) is 0 Å². The highest BCUT2D eigenvalue weighted by Gasteiger charge is 2.40. The van der Waals surface area contributed by atoms with Gasteiger partial charge in [0.1, 0.15) is 0 Å². The predicted molar refractivity (Wildman–Crippen MR) is 62.7 cm³/mol. The number of carboxylic acids is 1. The number of urea groups is 1. The van der Waals surface area contributed by atoms with Gasteiger partial charge in [-0.05, 0) is 39.0 Å². The van der Waals surface area contributed by atoms with Gasteiger partial charge < -0.3 is 15.3 Å². The lowest BCUT2D eigenvalue weighted by Crippen LogP contribution is -2.48. The molecule has 2 aliphatic rings. The van der Waals surface area contributed by atoms with Gasteiger partial charge in [0.2, 0.25) is 0 Å². The highest BCUT2D eigenvalue weighted by molar-refractivity contribution is 5.78. The molecule has 1 saturated carbocycles. The number of carboxylic acid groups (broad SMARTS) is 1. The fraction of sp³-hybridized carbons (Fsp3) is 0.833. The second-order valence-electron chi connectivity index (χ2n) is 5.83. The molecule has 2 rings (SSSR count). The molecular weight excluding hydrogens is 220 g/mol. The SMILES string of the molecule is CC(C)(CNC(=O)N1CC2CCC1C2)C(=O)O. The molecular formula is C12H20N2O3. The van der Waals surface area contributed by atoms with Crippen molar-refractivity contribution in [2.45, 2.75) is 39.2 Å². The quantitative estimate of drug-likeness (QED) is 0.781. The molecule has 1 saturated heterocycles. The van der Waals surface area contributed by atoms with Crippen LogP contribution in [0.5, 0.6) is 0 Å². The van der Waals surface area contributed by atoms with Crippen LogP contribution in [-0.4, -0.2) is 41.1 Å². The van der Waals surface area contributed by atoms with Crippen molar-refractivity contribution in [3.63, 3.8) is 0 Å². The monoisotopic (exact) mass is 240 g/mol. The van der Waals surface area contributed by atoms with E-state index in [-0.39, 0.29) is 12.6 Å². The normalized spacial score (nSPS) is 27.3. The van der Waals surface area contributed by atoms with Crippen LogP contribution in [0.4, 0.5) is 4.79 Å². The number of nitrogens with zero attached hydrogens (tertiary/aromatic N) is 1. The smallest absolute Gasteiger partial charge is 0.317 e. The first-order chi connectivity index (χ1) is 7.90. The lowest BCUT2D eigenvalue weighted by atomic mass is 9.94. The summed E-state index contributed by atoms with van der Waals surface area (Å²) in [5.74, 6) is -0.223. The Kier molecular flexibility index (Phi) is 3.02. The number of carbonyl (C=O) groups excluding carboxylic acids is 1. The number of aliphatic carboxylic acids is 1. The van der Waals surface area contributed by atoms with E-state index in [2.05, 4.69) is 5.32 Å². The van der Waals surface area contributed by atoms with Crippen molar-refractivity contribution in [1.29, 1.82) is 0 Å². The van der Waals surface area contributed by atoms with Crippen LogP contribution in [0, 0.1) is 11.3 Å². The van der Waals surface area contributed by atoms with Crippen LogP contribution in [-0.2, 0) is 4.79 Å². The first kappa shape index (κ1) is 12.2. The van der Waals surface area contributed by atoms with E-state index in [0.29, 0.717) is 12.0 Å². The Labute approximate surface area is 101 Å². The molecule has 2 atom stereocenters. The maximum atomic E-state index is 11.9. The molecule has 0 aromatic rings. The second kappa shape index (κ2) is 4.20. The Balaban J connectivity index is 1.84. The summed E-state index contributed by atoms with van der Waals surface area (Å²) in [5, 5.41) is 11.7. The molecule has 2 amide bonds. The molecule has 2 unspecified atom stereocenters. The minimum Gasteiger partial charge on any atom is -0.481 e. The summed E-state index contributed by atoms with van der Waals surface area (Å²) in [7, 11) is 0. The van der Waals surface area contributed by atoms with Crippen LogP contribution < -0.4 is 5.32 Å². The number of hydrogen-bond donors (Lipinski definition) is 2. The molecule has 0 aromatic heterocycles. The molecule has 5 nitrogen and oxygen atoms in total. The minimum absolute atomic E-state index is 0.105. The van der Waals surface area contributed by atoms with Crippen LogP contribution in [0.15, 0.2) is 0 Å². The van der Waals surface area contributed by atoms with Crippen molar-refractivity contribution in [2.75, 3.05) is 13.1 Å². The summed E-state index contributed by atoms with van der Waals surface area (Å²) in [4.78, 5) is 24.7. The molecule has 1 heterocycles. The fourth-order valence-corrected chi connectivity index (χ4v) is 2.65. The summed E-state index contributed by atoms with van der Waals surface area (Å²) >= 11 is 0. The lowest BCUT2D eigenvalue weighted by Gasteiger charge is -2.29. The lowest BCUT2D eigenvalue weighted by molar-refractivity contribution is -0.146. The maximum absolute atomic E-state index is 11.9. The summed E-state index contributed by atoms with van der Waals surface area (Å²) < 4.78 is 0.